The first-order chi connectivity index (χ1) is 55.0. The van der Waals surface area contributed by atoms with E-state index < -0.39 is 5.41 Å². The number of hydrogen-bond acceptors (Lipinski definition) is 25. The van der Waals surface area contributed by atoms with Crippen LogP contribution in [0.2, 0.25) is 0 Å². The molecule has 600 valence electrons. The molecule has 4 aliphatic heterocycles. The number of aryl methyl sites for hydroxylation is 3. The van der Waals surface area contributed by atoms with Gasteiger partial charge in [-0.1, -0.05) is 40.5 Å². The number of fused-ring (bicyclic) bond motifs is 8. The molecule has 0 radical (unpaired) electrons. The van der Waals surface area contributed by atoms with E-state index in [-0.39, 0.29) is 6.04 Å². The third-order valence-electron chi connectivity index (χ3n) is 22.1. The van der Waals surface area contributed by atoms with Gasteiger partial charge in [-0.3, -0.25) is 0 Å². The van der Waals surface area contributed by atoms with Gasteiger partial charge in [-0.05, 0) is 207 Å². The second-order valence-corrected chi connectivity index (χ2v) is 31.6. The van der Waals surface area contributed by atoms with Crippen LogP contribution in [0.5, 0.6) is 23.0 Å². The van der Waals surface area contributed by atoms with E-state index in [2.05, 4.69) is 199 Å². The first-order valence-electron chi connectivity index (χ1n) is 39.8. The van der Waals surface area contributed by atoms with Gasteiger partial charge in [-0.2, -0.15) is 45.6 Å². The molecule has 2 unspecified atom stereocenters. The molecule has 4 aromatic carbocycles. The molecular formula is C85H111N25O4. The van der Waals surface area contributed by atoms with E-state index in [0.717, 1.165) is 213 Å². The minimum atomic E-state index is -0.578. The summed E-state index contributed by atoms with van der Waals surface area (Å²) < 4.78 is 30.2. The predicted octanol–water partition coefficient (Wildman–Crippen LogP) is 14.9. The number of likely N-dealkylation sites (N-methyl/N-ethyl adjacent to an activating group) is 4. The van der Waals surface area contributed by atoms with Crippen molar-refractivity contribution < 1.29 is 18.9 Å². The van der Waals surface area contributed by atoms with Crippen molar-refractivity contribution in [3.63, 3.8) is 0 Å². The third kappa shape index (κ3) is 18.5. The van der Waals surface area contributed by atoms with Crippen LogP contribution < -0.4 is 40.2 Å². The number of nitriles is 1. The minimum Gasteiger partial charge on any atom is -0.495 e. The van der Waals surface area contributed by atoms with Crippen LogP contribution in [0, 0.1) is 29.6 Å². The number of methoxy groups -OCH3 is 4. The van der Waals surface area contributed by atoms with Crippen molar-refractivity contribution in [1.29, 1.82) is 5.26 Å². The van der Waals surface area contributed by atoms with Crippen molar-refractivity contribution in [2.45, 2.75) is 171 Å². The second-order valence-electron chi connectivity index (χ2n) is 31.6. The molecule has 16 rings (SSSR count). The number of anilines is 8. The van der Waals surface area contributed by atoms with Gasteiger partial charge in [0.15, 0.2) is 22.6 Å². The van der Waals surface area contributed by atoms with E-state index in [1.807, 2.05) is 72.7 Å². The largest absolute Gasteiger partial charge is 0.495 e. The highest BCUT2D eigenvalue weighted by Crippen LogP contribution is 2.39. The average Bonchev–Trinajstić information content (AvgIpc) is 1.48. The molecular weight excluding hydrogens is 1440 g/mol. The Morgan fingerprint density at radius 2 is 0.825 bits per heavy atom. The smallest absolute Gasteiger partial charge is 0.229 e. The number of ether oxygens (including phenoxy) is 4. The van der Waals surface area contributed by atoms with Crippen molar-refractivity contribution in [2.75, 3.05) is 104 Å². The van der Waals surface area contributed by atoms with E-state index in [4.69, 9.17) is 38.9 Å². The quantitative estimate of drug-likeness (QED) is 0.0462. The standard InChI is InChI=1S/C22H27N7O.C22H30N6O.C21H28N6O.C20H26N6O/c1-14(22(2,3)13-23)29-20-17(11-25-29)10-24-21(27-20)26-18-8-16-12-28(4)7-6-15(16)9-19(18)30-5;1-14(2)6-9-28-21-18(15(3)26-28)12-23-22(25-21)24-19-10-17-13-27(4)8-7-16(17)11-20(19)29-5;1-5-6-14(2)27-20-17(12-23-27)11-22-21(25-20)24-18-9-16-13-26(3)8-7-15(16)10-19(18)28-4;1-4-5-7-26-19-16(12-22-26)11-21-20(24-19)23-17-9-15-13-25(2)8-6-14(15)10-18(17)27-3/h8-11,14H,6-7,12H2,1-5H3,(H,24,26,27);10-12,14H,6-9,13H2,1-5H3,(H,23,24,25);9-12,14H,5-8,13H2,1-4H3,(H,22,24,25);9-12H,4-8,13H2,1-3H3,(H,21,23,24). The fourth-order valence-corrected chi connectivity index (χ4v) is 14.9. The summed E-state index contributed by atoms with van der Waals surface area (Å²) in [6.07, 6.45) is 22.2. The van der Waals surface area contributed by atoms with E-state index in [1.54, 1.807) is 45.5 Å². The third-order valence-corrected chi connectivity index (χ3v) is 22.1. The maximum atomic E-state index is 9.50. The Kier molecular flexibility index (Phi) is 25.4. The number of nitrogens with zero attached hydrogens (tertiary/aromatic N) is 21. The van der Waals surface area contributed by atoms with Gasteiger partial charge in [0.25, 0.3) is 0 Å². The van der Waals surface area contributed by atoms with Crippen molar-refractivity contribution in [2.24, 2.45) is 11.3 Å². The zero-order chi connectivity index (χ0) is 80.5. The SMILES string of the molecule is CCCC(C)n1ncc2cnc(Nc3cc4c(cc3OC)CCN(C)C4)nc21.CCCCn1ncc2cnc(Nc3cc4c(cc3OC)CCN(C)C4)nc21.COc1cc2c(cc1Nc1ncc3c(C)nn(CCC(C)C)c3n1)CN(C)CC2.COc1cc2c(cc1Nc1ncc3cnn(C(C)C(C)(C)C#N)c3n1)CN(C)CC2. The molecule has 12 heterocycles. The summed E-state index contributed by atoms with van der Waals surface area (Å²) in [4.78, 5) is 46.1. The summed E-state index contributed by atoms with van der Waals surface area (Å²) in [6, 6.07) is 19.6. The molecule has 0 spiro atoms. The molecule has 0 amide bonds. The zero-order valence-electron chi connectivity index (χ0n) is 69.4. The normalized spacial score (nSPS) is 14.9. The molecule has 29 nitrogen and oxygen atoms in total. The molecule has 8 aromatic heterocycles. The first-order valence-corrected chi connectivity index (χ1v) is 39.8. The molecule has 0 aliphatic carbocycles. The molecule has 4 aliphatic rings. The topological polar surface area (TPSA) is 296 Å². The van der Waals surface area contributed by atoms with Gasteiger partial charge in [0.1, 0.15) is 23.0 Å². The molecule has 2 atom stereocenters. The van der Waals surface area contributed by atoms with Crippen molar-refractivity contribution in [3.8, 4) is 29.1 Å². The fraction of sp³-hybridized carbons (Fsp3) is 0.471. The van der Waals surface area contributed by atoms with Gasteiger partial charge in [0, 0.05) is 90.2 Å². The molecule has 4 N–H and O–H groups in total. The summed E-state index contributed by atoms with van der Waals surface area (Å²) in [7, 11) is 15.4. The Bertz CT molecular complexity index is 5410. The molecule has 0 bridgehead atoms. The molecule has 0 saturated carbocycles. The lowest BCUT2D eigenvalue weighted by atomic mass is 9.87. The van der Waals surface area contributed by atoms with Crippen LogP contribution in [0.3, 0.4) is 0 Å². The Balaban J connectivity index is 0.000000133. The number of unbranched alkanes of at least 4 members (excludes halogenated alkanes) is 1. The Morgan fingerprint density at radius 3 is 1.22 bits per heavy atom. The molecule has 114 heavy (non-hydrogen) atoms. The maximum absolute atomic E-state index is 9.50. The maximum Gasteiger partial charge on any atom is 0.229 e. The molecule has 12 aromatic rings. The average molecular weight is 1550 g/mol. The number of nitrogens with one attached hydrogen (secondary N) is 4. The second kappa shape index (κ2) is 35.9. The van der Waals surface area contributed by atoms with Crippen LogP contribution in [-0.2, 0) is 65.0 Å². The van der Waals surface area contributed by atoms with Crippen LogP contribution >= 0.6 is 0 Å². The molecule has 29 heteroatoms. The van der Waals surface area contributed by atoms with Gasteiger partial charge in [0.05, 0.1) is 121 Å². The highest BCUT2D eigenvalue weighted by atomic mass is 16.5. The summed E-state index contributed by atoms with van der Waals surface area (Å²) in [6.45, 7) is 28.5. The lowest BCUT2D eigenvalue weighted by Gasteiger charge is -2.26. The number of rotatable bonds is 23. The zero-order valence-corrected chi connectivity index (χ0v) is 69.4. The van der Waals surface area contributed by atoms with Gasteiger partial charge >= 0.3 is 0 Å². The highest BCUT2D eigenvalue weighted by Gasteiger charge is 2.30. The van der Waals surface area contributed by atoms with E-state index in [0.29, 0.717) is 41.4 Å². The minimum absolute atomic E-state index is 0.142. The van der Waals surface area contributed by atoms with Crippen molar-refractivity contribution >= 4 is 90.7 Å². The first kappa shape index (κ1) is 80.8. The number of aromatic nitrogens is 16. The van der Waals surface area contributed by atoms with Gasteiger partial charge in [-0.25, -0.2) is 38.7 Å². The van der Waals surface area contributed by atoms with E-state index in [9.17, 15) is 5.26 Å². The van der Waals surface area contributed by atoms with Crippen LogP contribution in [0.4, 0.5) is 46.5 Å². The van der Waals surface area contributed by atoms with Gasteiger partial charge < -0.3 is 59.8 Å². The molecule has 0 saturated heterocycles. The lowest BCUT2D eigenvalue weighted by molar-refractivity contribution is 0.299. The van der Waals surface area contributed by atoms with E-state index >= 15 is 0 Å². The Hall–Kier alpha value is -11.2. The number of hydrogen-bond donors (Lipinski definition) is 4. The van der Waals surface area contributed by atoms with Crippen LogP contribution in [0.25, 0.3) is 44.1 Å². The van der Waals surface area contributed by atoms with E-state index in [1.165, 1.54) is 44.5 Å². The fourth-order valence-electron chi connectivity index (χ4n) is 14.9. The van der Waals surface area contributed by atoms with Crippen molar-refractivity contribution in [3.05, 3.63) is 142 Å². The summed E-state index contributed by atoms with van der Waals surface area (Å²) in [5.41, 5.74) is 17.8. The highest BCUT2D eigenvalue weighted by molar-refractivity contribution is 5.81. The Morgan fingerprint density at radius 1 is 0.447 bits per heavy atom. The van der Waals surface area contributed by atoms with Crippen LogP contribution in [-0.4, -0.2) is 181 Å². The van der Waals surface area contributed by atoms with Gasteiger partial charge in [-0.15, -0.1) is 0 Å². The Labute approximate surface area is 668 Å². The van der Waals surface area contributed by atoms with Crippen LogP contribution in [0.15, 0.2) is 91.9 Å². The van der Waals surface area contributed by atoms with Crippen molar-refractivity contribution in [1.82, 2.24) is 98.6 Å². The van der Waals surface area contributed by atoms with Gasteiger partial charge in [0.2, 0.25) is 23.8 Å². The number of benzene rings is 4. The summed E-state index contributed by atoms with van der Waals surface area (Å²) >= 11 is 0. The lowest BCUT2D eigenvalue weighted by Crippen LogP contribution is -2.26. The summed E-state index contributed by atoms with van der Waals surface area (Å²) in [5.74, 6) is 5.99. The molecule has 0 fully saturated rings. The van der Waals surface area contributed by atoms with Crippen LogP contribution in [0.1, 0.15) is 150 Å². The monoisotopic (exact) mass is 1550 g/mol. The summed E-state index contributed by atoms with van der Waals surface area (Å²) in [5, 5.41) is 44.7. The predicted molar refractivity (Wildman–Crippen MR) is 449 cm³/mol.